The maximum absolute atomic E-state index is 11.1. The Kier molecular flexibility index (Phi) is 2.81. The number of ether oxygens (including phenoxy) is 1. The number of hydrogen-bond acceptors (Lipinski definition) is 6. The molecule has 2 rings (SSSR count). The fraction of sp³-hybridized carbons (Fsp3) is 0.100. The maximum Gasteiger partial charge on any atom is 0.358 e. The highest BCUT2D eigenvalue weighted by molar-refractivity contribution is 5.87. The summed E-state index contributed by atoms with van der Waals surface area (Å²) in [6.45, 7) is 0. The van der Waals surface area contributed by atoms with Crippen LogP contribution in [-0.2, 0) is 4.74 Å². The van der Waals surface area contributed by atoms with Crippen LogP contribution in [0.4, 0.5) is 0 Å². The molecule has 0 fully saturated rings. The molecule has 2 aromatic rings. The largest absolute Gasteiger partial charge is 0.464 e. The molecule has 0 aromatic carbocycles. The van der Waals surface area contributed by atoms with E-state index in [1.807, 2.05) is 0 Å². The first-order chi connectivity index (χ1) is 7.81. The first-order valence-electron chi connectivity index (χ1n) is 4.50. The lowest BCUT2D eigenvalue weighted by atomic mass is 10.2. The molecule has 0 bridgehead atoms. The summed E-state index contributed by atoms with van der Waals surface area (Å²) in [4.78, 5) is 11.1. The topological polar surface area (TPSA) is 77.9 Å². The van der Waals surface area contributed by atoms with Gasteiger partial charge in [0.15, 0.2) is 5.69 Å². The van der Waals surface area contributed by atoms with E-state index in [1.165, 1.54) is 7.11 Å². The third-order valence-corrected chi connectivity index (χ3v) is 1.94. The van der Waals surface area contributed by atoms with Gasteiger partial charge in [0.25, 0.3) is 0 Å². The van der Waals surface area contributed by atoms with Crippen molar-refractivity contribution in [3.8, 4) is 11.3 Å². The predicted molar refractivity (Wildman–Crippen MR) is 54.4 cm³/mol. The number of hydrogen-bond donors (Lipinski definition) is 0. The van der Waals surface area contributed by atoms with Crippen molar-refractivity contribution in [3.05, 3.63) is 36.3 Å². The molecule has 0 unspecified atom stereocenters. The average molecular weight is 216 g/mol. The fourth-order valence-corrected chi connectivity index (χ4v) is 1.14. The number of nitrogens with zero attached hydrogens (tertiary/aromatic N) is 4. The van der Waals surface area contributed by atoms with Gasteiger partial charge in [-0.15, -0.1) is 10.2 Å². The van der Waals surface area contributed by atoms with Gasteiger partial charge in [-0.2, -0.15) is 10.2 Å². The van der Waals surface area contributed by atoms with Crippen molar-refractivity contribution in [3.63, 3.8) is 0 Å². The summed E-state index contributed by atoms with van der Waals surface area (Å²) >= 11 is 0. The van der Waals surface area contributed by atoms with Gasteiger partial charge in [0.05, 0.1) is 25.2 Å². The first-order valence-corrected chi connectivity index (χ1v) is 4.50. The van der Waals surface area contributed by atoms with Crippen molar-refractivity contribution in [1.29, 1.82) is 0 Å². The van der Waals surface area contributed by atoms with E-state index >= 15 is 0 Å². The van der Waals surface area contributed by atoms with Crippen LogP contribution >= 0.6 is 0 Å². The highest BCUT2D eigenvalue weighted by Crippen LogP contribution is 2.13. The molecular formula is C10H8N4O2. The van der Waals surface area contributed by atoms with E-state index in [-0.39, 0.29) is 5.69 Å². The lowest BCUT2D eigenvalue weighted by molar-refractivity contribution is 0.0593. The number of carbonyl (C=O) groups excluding carboxylic acids is 1. The highest BCUT2D eigenvalue weighted by atomic mass is 16.5. The molecule has 2 aromatic heterocycles. The van der Waals surface area contributed by atoms with Crippen molar-refractivity contribution >= 4 is 5.97 Å². The third-order valence-electron chi connectivity index (χ3n) is 1.94. The Morgan fingerprint density at radius 2 is 2.06 bits per heavy atom. The Bertz CT molecular complexity index is 484. The zero-order valence-electron chi connectivity index (χ0n) is 8.49. The SMILES string of the molecule is COC(=O)c1ccc(-c2ccnnc2)nn1. The highest BCUT2D eigenvalue weighted by Gasteiger charge is 2.08. The van der Waals surface area contributed by atoms with Crippen molar-refractivity contribution in [2.75, 3.05) is 7.11 Å². The lowest BCUT2D eigenvalue weighted by Crippen LogP contribution is -2.05. The Balaban J connectivity index is 2.30. The maximum atomic E-state index is 11.1. The fourth-order valence-electron chi connectivity index (χ4n) is 1.14. The van der Waals surface area contributed by atoms with Crippen molar-refractivity contribution < 1.29 is 9.53 Å². The van der Waals surface area contributed by atoms with Crippen LogP contribution in [0.2, 0.25) is 0 Å². The Hall–Kier alpha value is -2.37. The van der Waals surface area contributed by atoms with Gasteiger partial charge in [-0.05, 0) is 18.2 Å². The van der Waals surface area contributed by atoms with Gasteiger partial charge in [-0.3, -0.25) is 0 Å². The molecule has 6 heteroatoms. The van der Waals surface area contributed by atoms with Gasteiger partial charge in [0.2, 0.25) is 0 Å². The molecule has 6 nitrogen and oxygen atoms in total. The smallest absolute Gasteiger partial charge is 0.358 e. The second-order valence-electron chi connectivity index (χ2n) is 2.93. The predicted octanol–water partition coefficient (Wildman–Crippen LogP) is 0.720. The van der Waals surface area contributed by atoms with E-state index in [1.54, 1.807) is 30.6 Å². The van der Waals surface area contributed by atoms with Gasteiger partial charge < -0.3 is 4.74 Å². The molecule has 0 saturated heterocycles. The molecule has 0 saturated carbocycles. The molecule has 0 radical (unpaired) electrons. The number of esters is 1. The molecule has 0 amide bonds. The summed E-state index contributed by atoms with van der Waals surface area (Å²) in [5.41, 5.74) is 1.59. The van der Waals surface area contributed by atoms with Crippen LogP contribution in [0, 0.1) is 0 Å². The zero-order valence-corrected chi connectivity index (χ0v) is 8.49. The monoisotopic (exact) mass is 216 g/mol. The van der Waals surface area contributed by atoms with Gasteiger partial charge in [0.1, 0.15) is 0 Å². The Morgan fingerprint density at radius 3 is 2.62 bits per heavy atom. The van der Waals surface area contributed by atoms with Crippen LogP contribution in [0.1, 0.15) is 10.5 Å². The van der Waals surface area contributed by atoms with Crippen LogP contribution in [0.5, 0.6) is 0 Å². The Morgan fingerprint density at radius 1 is 1.19 bits per heavy atom. The summed E-state index contributed by atoms with van der Waals surface area (Å²) in [6, 6.07) is 4.99. The quantitative estimate of drug-likeness (QED) is 0.688. The number of carbonyl (C=O) groups is 1. The molecule has 80 valence electrons. The van der Waals surface area contributed by atoms with Crippen molar-refractivity contribution in [2.45, 2.75) is 0 Å². The zero-order chi connectivity index (χ0) is 11.4. The Labute approximate surface area is 91.3 Å². The van der Waals surface area contributed by atoms with Crippen LogP contribution in [0.25, 0.3) is 11.3 Å². The molecular weight excluding hydrogens is 208 g/mol. The summed E-state index contributed by atoms with van der Waals surface area (Å²) in [6.07, 6.45) is 3.13. The molecule has 0 atom stereocenters. The third kappa shape index (κ3) is 2.00. The van der Waals surface area contributed by atoms with E-state index in [4.69, 9.17) is 0 Å². The summed E-state index contributed by atoms with van der Waals surface area (Å²) in [7, 11) is 1.30. The van der Waals surface area contributed by atoms with Crippen molar-refractivity contribution in [1.82, 2.24) is 20.4 Å². The van der Waals surface area contributed by atoms with Crippen molar-refractivity contribution in [2.24, 2.45) is 0 Å². The number of methoxy groups -OCH3 is 1. The van der Waals surface area contributed by atoms with Gasteiger partial charge >= 0.3 is 5.97 Å². The molecule has 0 spiro atoms. The average Bonchev–Trinajstić information content (AvgIpc) is 2.39. The van der Waals surface area contributed by atoms with Crippen LogP contribution < -0.4 is 0 Å². The minimum Gasteiger partial charge on any atom is -0.464 e. The van der Waals surface area contributed by atoms with Gasteiger partial charge in [-0.1, -0.05) is 0 Å². The van der Waals surface area contributed by atoms with Gasteiger partial charge in [0, 0.05) is 5.56 Å². The summed E-state index contributed by atoms with van der Waals surface area (Å²) in [5.74, 6) is -0.507. The molecule has 2 heterocycles. The molecule has 0 N–H and O–H groups in total. The van der Waals surface area contributed by atoms with Gasteiger partial charge in [-0.25, -0.2) is 4.79 Å². The molecule has 0 aliphatic heterocycles. The second kappa shape index (κ2) is 4.43. The minimum absolute atomic E-state index is 0.174. The number of rotatable bonds is 2. The number of aromatic nitrogens is 4. The van der Waals surface area contributed by atoms with E-state index in [9.17, 15) is 4.79 Å². The molecule has 0 aliphatic carbocycles. The summed E-state index contributed by atoms with van der Waals surface area (Å²) < 4.78 is 4.52. The van der Waals surface area contributed by atoms with E-state index in [0.29, 0.717) is 5.69 Å². The van der Waals surface area contributed by atoms with Crippen LogP contribution in [-0.4, -0.2) is 33.5 Å². The normalized spacial score (nSPS) is 9.81. The lowest BCUT2D eigenvalue weighted by Gasteiger charge is -1.99. The summed E-state index contributed by atoms with van der Waals surface area (Å²) in [5, 5.41) is 15.0. The molecule has 0 aliphatic rings. The van der Waals surface area contributed by atoms with E-state index < -0.39 is 5.97 Å². The standard InChI is InChI=1S/C10H8N4O2/c1-16-10(15)9-3-2-8(13-14-9)7-4-5-11-12-6-7/h2-6H,1H3. The molecule has 16 heavy (non-hydrogen) atoms. The minimum atomic E-state index is -0.507. The first kappa shape index (κ1) is 10.2. The van der Waals surface area contributed by atoms with Crippen LogP contribution in [0.15, 0.2) is 30.6 Å². The van der Waals surface area contributed by atoms with Crippen LogP contribution in [0.3, 0.4) is 0 Å². The second-order valence-corrected chi connectivity index (χ2v) is 2.93. The van der Waals surface area contributed by atoms with E-state index in [2.05, 4.69) is 25.1 Å². The van der Waals surface area contributed by atoms with E-state index in [0.717, 1.165) is 5.56 Å².